The van der Waals surface area contributed by atoms with Crippen LogP contribution in [0.15, 0.2) is 41.4 Å². The number of aliphatic imine (C=N–C) groups is 1. The van der Waals surface area contributed by atoms with Gasteiger partial charge in [0.1, 0.15) is 5.75 Å². The number of aromatic hydroxyl groups is 1. The third-order valence-electron chi connectivity index (χ3n) is 2.98. The van der Waals surface area contributed by atoms with Crippen LogP contribution >= 0.6 is 0 Å². The van der Waals surface area contributed by atoms with Gasteiger partial charge in [0, 0.05) is 11.8 Å². The van der Waals surface area contributed by atoms with Crippen molar-refractivity contribution in [2.75, 3.05) is 0 Å². The molecule has 1 N–H and O–H groups in total. The molecule has 0 bridgehead atoms. The highest BCUT2D eigenvalue weighted by Gasteiger charge is 2.01. The van der Waals surface area contributed by atoms with Crippen molar-refractivity contribution in [2.45, 2.75) is 20.8 Å². The van der Waals surface area contributed by atoms with Gasteiger partial charge in [0.15, 0.2) is 0 Å². The lowest BCUT2D eigenvalue weighted by atomic mass is 10.1. The van der Waals surface area contributed by atoms with E-state index in [0.717, 1.165) is 22.4 Å². The molecule has 0 fully saturated rings. The topological polar surface area (TPSA) is 32.6 Å². The first-order valence-corrected chi connectivity index (χ1v) is 5.98. The van der Waals surface area contributed by atoms with Crippen molar-refractivity contribution in [1.82, 2.24) is 0 Å². The summed E-state index contributed by atoms with van der Waals surface area (Å²) in [6.07, 6.45) is 1.71. The third kappa shape index (κ3) is 2.59. The Morgan fingerprint density at radius 1 is 1.00 bits per heavy atom. The number of nitrogens with zero attached hydrogens (tertiary/aromatic N) is 1. The molecule has 2 aromatic carbocycles. The lowest BCUT2D eigenvalue weighted by Crippen LogP contribution is -1.85. The maximum Gasteiger partial charge on any atom is 0.127 e. The van der Waals surface area contributed by atoms with E-state index in [1.165, 1.54) is 5.56 Å². The molecule has 2 heteroatoms. The normalized spacial score (nSPS) is 11.1. The lowest BCUT2D eigenvalue weighted by Gasteiger charge is -2.03. The molecule has 0 spiro atoms. The summed E-state index contributed by atoms with van der Waals surface area (Å²) in [7, 11) is 0. The minimum absolute atomic E-state index is 0.298. The van der Waals surface area contributed by atoms with Crippen molar-refractivity contribution in [3.05, 3.63) is 58.7 Å². The molecule has 0 saturated carbocycles. The van der Waals surface area contributed by atoms with Crippen molar-refractivity contribution < 1.29 is 5.11 Å². The molecule has 0 aliphatic carbocycles. The van der Waals surface area contributed by atoms with Crippen LogP contribution in [0, 0.1) is 20.8 Å². The Hall–Kier alpha value is -2.09. The number of phenols is 1. The van der Waals surface area contributed by atoms with Crippen LogP contribution in [0.25, 0.3) is 0 Å². The smallest absolute Gasteiger partial charge is 0.127 e. The average Bonchev–Trinajstić information content (AvgIpc) is 2.35. The molecule has 0 aliphatic rings. The molecule has 18 heavy (non-hydrogen) atoms. The summed E-state index contributed by atoms with van der Waals surface area (Å²) in [5.74, 6) is 0.298. The predicted molar refractivity (Wildman–Crippen MR) is 76.0 cm³/mol. The summed E-state index contributed by atoms with van der Waals surface area (Å²) in [6, 6.07) is 11.8. The van der Waals surface area contributed by atoms with Crippen molar-refractivity contribution in [3.63, 3.8) is 0 Å². The van der Waals surface area contributed by atoms with Gasteiger partial charge >= 0.3 is 0 Å². The molecule has 92 valence electrons. The molecule has 0 heterocycles. The van der Waals surface area contributed by atoms with E-state index in [1.54, 1.807) is 6.21 Å². The summed E-state index contributed by atoms with van der Waals surface area (Å²) in [5.41, 5.74) is 4.86. The highest BCUT2D eigenvalue weighted by molar-refractivity contribution is 5.86. The van der Waals surface area contributed by atoms with Crippen molar-refractivity contribution >= 4 is 11.9 Å². The van der Waals surface area contributed by atoms with Crippen LogP contribution in [0.2, 0.25) is 0 Å². The van der Waals surface area contributed by atoms with Crippen LogP contribution < -0.4 is 0 Å². The van der Waals surface area contributed by atoms with E-state index in [9.17, 15) is 5.11 Å². The maximum atomic E-state index is 9.91. The Kier molecular flexibility index (Phi) is 3.47. The Balaban J connectivity index is 2.36. The first-order chi connectivity index (χ1) is 8.58. The Labute approximate surface area is 108 Å². The second kappa shape index (κ2) is 5.05. The van der Waals surface area contributed by atoms with Gasteiger partial charge in [-0.25, -0.2) is 0 Å². The average molecular weight is 239 g/mol. The third-order valence-corrected chi connectivity index (χ3v) is 2.98. The highest BCUT2D eigenvalue weighted by Crippen LogP contribution is 2.23. The second-order valence-corrected chi connectivity index (χ2v) is 4.56. The molecule has 0 saturated heterocycles. The van der Waals surface area contributed by atoms with Crippen LogP contribution in [0.3, 0.4) is 0 Å². The summed E-state index contributed by atoms with van der Waals surface area (Å²) in [4.78, 5) is 4.45. The van der Waals surface area contributed by atoms with Gasteiger partial charge in [0.2, 0.25) is 0 Å². The van der Waals surface area contributed by atoms with Crippen molar-refractivity contribution in [2.24, 2.45) is 4.99 Å². The molecule has 0 aromatic heterocycles. The molecular weight excluding hydrogens is 222 g/mol. The maximum absolute atomic E-state index is 9.91. The lowest BCUT2D eigenvalue weighted by molar-refractivity contribution is 0.470. The zero-order valence-corrected chi connectivity index (χ0v) is 10.9. The summed E-state index contributed by atoms with van der Waals surface area (Å²) >= 11 is 0. The van der Waals surface area contributed by atoms with Gasteiger partial charge in [-0.3, -0.25) is 4.99 Å². The van der Waals surface area contributed by atoms with Crippen molar-refractivity contribution in [3.8, 4) is 5.75 Å². The van der Waals surface area contributed by atoms with Gasteiger partial charge in [-0.2, -0.15) is 0 Å². The van der Waals surface area contributed by atoms with Gasteiger partial charge in [-0.05, 0) is 49.6 Å². The van der Waals surface area contributed by atoms with E-state index < -0.39 is 0 Å². The summed E-state index contributed by atoms with van der Waals surface area (Å²) in [6.45, 7) is 5.95. The molecule has 0 aliphatic heterocycles. The summed E-state index contributed by atoms with van der Waals surface area (Å²) in [5, 5.41) is 9.91. The molecule has 0 atom stereocenters. The number of hydrogen-bond acceptors (Lipinski definition) is 2. The van der Waals surface area contributed by atoms with Crippen LogP contribution in [-0.2, 0) is 0 Å². The Morgan fingerprint density at radius 3 is 2.56 bits per heavy atom. The van der Waals surface area contributed by atoms with E-state index in [-0.39, 0.29) is 0 Å². The zero-order chi connectivity index (χ0) is 13.1. The van der Waals surface area contributed by atoms with Crippen molar-refractivity contribution in [1.29, 1.82) is 0 Å². The number of hydrogen-bond donors (Lipinski definition) is 1. The van der Waals surface area contributed by atoms with Gasteiger partial charge in [-0.15, -0.1) is 0 Å². The van der Waals surface area contributed by atoms with E-state index in [0.29, 0.717) is 5.75 Å². The van der Waals surface area contributed by atoms with Gasteiger partial charge in [0.05, 0.1) is 5.69 Å². The van der Waals surface area contributed by atoms with Crippen LogP contribution in [0.5, 0.6) is 5.75 Å². The molecule has 2 aromatic rings. The summed E-state index contributed by atoms with van der Waals surface area (Å²) < 4.78 is 0. The fourth-order valence-corrected chi connectivity index (χ4v) is 1.78. The number of phenolic OH excluding ortho intramolecular Hbond substituents is 1. The van der Waals surface area contributed by atoms with Crippen LogP contribution in [-0.4, -0.2) is 11.3 Å². The molecular formula is C16H17NO. The number of rotatable bonds is 2. The zero-order valence-electron chi connectivity index (χ0n) is 10.9. The SMILES string of the molecule is Cc1ccc(C)c(N=Cc2cccc(C)c2O)c1. The standard InChI is InChI=1S/C16H17NO/c1-11-7-8-12(2)15(9-11)17-10-14-6-4-5-13(3)16(14)18/h4-10,18H,1-3H3. The predicted octanol–water partition coefficient (Wildman–Crippen LogP) is 4.07. The highest BCUT2D eigenvalue weighted by atomic mass is 16.3. The van der Waals surface area contributed by atoms with Crippen LogP contribution in [0.1, 0.15) is 22.3 Å². The quantitative estimate of drug-likeness (QED) is 0.787. The van der Waals surface area contributed by atoms with E-state index in [1.807, 2.05) is 45.0 Å². The molecule has 0 amide bonds. The fourth-order valence-electron chi connectivity index (χ4n) is 1.78. The molecule has 0 unspecified atom stereocenters. The molecule has 2 nitrogen and oxygen atoms in total. The van der Waals surface area contributed by atoms with Gasteiger partial charge in [0.25, 0.3) is 0 Å². The largest absolute Gasteiger partial charge is 0.507 e. The number of aryl methyl sites for hydroxylation is 3. The number of para-hydroxylation sites is 1. The number of benzene rings is 2. The van der Waals surface area contributed by atoms with Gasteiger partial charge in [-0.1, -0.05) is 24.3 Å². The Morgan fingerprint density at radius 2 is 1.78 bits per heavy atom. The van der Waals surface area contributed by atoms with Crippen LogP contribution in [0.4, 0.5) is 5.69 Å². The van der Waals surface area contributed by atoms with E-state index in [4.69, 9.17) is 0 Å². The van der Waals surface area contributed by atoms with Gasteiger partial charge < -0.3 is 5.11 Å². The first kappa shape index (κ1) is 12.4. The monoisotopic (exact) mass is 239 g/mol. The Bertz CT molecular complexity index is 596. The van der Waals surface area contributed by atoms with E-state index >= 15 is 0 Å². The second-order valence-electron chi connectivity index (χ2n) is 4.56. The minimum atomic E-state index is 0.298. The molecule has 2 rings (SSSR count). The fraction of sp³-hybridized carbons (Fsp3) is 0.188. The molecule has 0 radical (unpaired) electrons. The van der Waals surface area contributed by atoms with E-state index in [2.05, 4.69) is 17.1 Å². The first-order valence-electron chi connectivity index (χ1n) is 5.98. The minimum Gasteiger partial charge on any atom is -0.507 e.